The van der Waals surface area contributed by atoms with Crippen molar-refractivity contribution in [3.8, 4) is 5.75 Å². The van der Waals surface area contributed by atoms with Crippen molar-refractivity contribution in [2.24, 2.45) is 0 Å². The molecule has 1 aliphatic heterocycles. The van der Waals surface area contributed by atoms with Crippen LogP contribution in [0.5, 0.6) is 5.75 Å². The summed E-state index contributed by atoms with van der Waals surface area (Å²) in [6, 6.07) is 14.3. The van der Waals surface area contributed by atoms with Gasteiger partial charge in [0.05, 0.1) is 12.7 Å². The summed E-state index contributed by atoms with van der Waals surface area (Å²) in [4.78, 5) is 28.8. The molecule has 5 nitrogen and oxygen atoms in total. The van der Waals surface area contributed by atoms with Gasteiger partial charge in [0.1, 0.15) is 17.6 Å². The Hall–Kier alpha value is -3.38. The number of rotatable bonds is 5. The van der Waals surface area contributed by atoms with E-state index in [-0.39, 0.29) is 17.3 Å². The van der Waals surface area contributed by atoms with Gasteiger partial charge in [0, 0.05) is 16.1 Å². The highest BCUT2D eigenvalue weighted by atomic mass is 32.1. The minimum Gasteiger partial charge on any atom is -0.507 e. The molecule has 0 bridgehead atoms. The van der Waals surface area contributed by atoms with Crippen molar-refractivity contribution in [2.45, 2.75) is 39.7 Å². The zero-order valence-electron chi connectivity index (χ0n) is 19.4. The van der Waals surface area contributed by atoms with Crippen LogP contribution in [-0.2, 0) is 9.59 Å². The minimum absolute atomic E-state index is 0.103. The first kappa shape index (κ1) is 22.8. The van der Waals surface area contributed by atoms with Crippen LogP contribution in [-0.4, -0.2) is 23.9 Å². The highest BCUT2D eigenvalue weighted by Gasteiger charge is 2.47. The quantitative estimate of drug-likeness (QED) is 0.282. The molecule has 1 fully saturated rings. The van der Waals surface area contributed by atoms with Gasteiger partial charge < -0.3 is 9.84 Å². The van der Waals surface area contributed by atoms with Crippen LogP contribution >= 0.6 is 11.3 Å². The van der Waals surface area contributed by atoms with Crippen molar-refractivity contribution in [3.63, 3.8) is 0 Å². The molecule has 1 atom stereocenters. The molecule has 1 aliphatic rings. The third-order valence-electron chi connectivity index (χ3n) is 6.02. The van der Waals surface area contributed by atoms with E-state index in [1.807, 2.05) is 81.6 Å². The van der Waals surface area contributed by atoms with Gasteiger partial charge in [0.2, 0.25) is 0 Å². The first-order chi connectivity index (χ1) is 15.7. The number of amides is 1. The van der Waals surface area contributed by atoms with E-state index in [0.29, 0.717) is 11.3 Å². The number of thiophene rings is 1. The van der Waals surface area contributed by atoms with Crippen LogP contribution in [0.4, 0.5) is 5.69 Å². The Morgan fingerprint density at radius 3 is 2.36 bits per heavy atom. The highest BCUT2D eigenvalue weighted by molar-refractivity contribution is 7.10. The van der Waals surface area contributed by atoms with E-state index in [1.165, 1.54) is 16.2 Å². The second-order valence-electron chi connectivity index (χ2n) is 8.58. The molecule has 0 radical (unpaired) electrons. The summed E-state index contributed by atoms with van der Waals surface area (Å²) >= 11 is 1.45. The average Bonchev–Trinajstić information content (AvgIpc) is 3.40. The number of aliphatic hydroxyl groups is 1. The zero-order valence-corrected chi connectivity index (χ0v) is 20.2. The minimum atomic E-state index is -0.697. The van der Waals surface area contributed by atoms with E-state index in [9.17, 15) is 14.7 Å². The lowest BCUT2D eigenvalue weighted by atomic mass is 9.92. The number of anilines is 1. The zero-order chi connectivity index (χ0) is 23.9. The van der Waals surface area contributed by atoms with Gasteiger partial charge in [-0.3, -0.25) is 14.5 Å². The Morgan fingerprint density at radius 1 is 1.09 bits per heavy atom. The number of ketones is 1. The molecule has 3 aromatic rings. The van der Waals surface area contributed by atoms with Crippen LogP contribution < -0.4 is 9.64 Å². The number of nitrogens with zero attached hydrogens (tertiary/aromatic N) is 1. The van der Waals surface area contributed by atoms with Gasteiger partial charge >= 0.3 is 0 Å². The fourth-order valence-corrected chi connectivity index (χ4v) is 5.07. The number of hydrogen-bond donors (Lipinski definition) is 1. The smallest absolute Gasteiger partial charge is 0.300 e. The van der Waals surface area contributed by atoms with Crippen molar-refractivity contribution < 1.29 is 19.4 Å². The van der Waals surface area contributed by atoms with Crippen molar-refractivity contribution in [3.05, 3.63) is 86.6 Å². The lowest BCUT2D eigenvalue weighted by Gasteiger charge is -2.24. The van der Waals surface area contributed by atoms with Crippen molar-refractivity contribution in [2.75, 3.05) is 12.0 Å². The molecule has 2 heterocycles. The van der Waals surface area contributed by atoms with Crippen molar-refractivity contribution in [1.29, 1.82) is 0 Å². The summed E-state index contributed by atoms with van der Waals surface area (Å²) in [5.41, 5.74) is 3.99. The van der Waals surface area contributed by atoms with Gasteiger partial charge in [0.25, 0.3) is 11.7 Å². The van der Waals surface area contributed by atoms with Crippen LogP contribution in [0.15, 0.2) is 59.5 Å². The molecule has 4 rings (SSSR count). The molecule has 0 saturated carbocycles. The molecular weight excluding hydrogens is 434 g/mol. The van der Waals surface area contributed by atoms with Gasteiger partial charge in [-0.15, -0.1) is 11.3 Å². The Bertz CT molecular complexity index is 1240. The number of carbonyl (C=O) groups is 2. The molecule has 0 aliphatic carbocycles. The average molecular weight is 462 g/mol. The number of aryl methyl sites for hydroxylation is 2. The standard InChI is InChI=1S/C27H27NO4S/c1-15(2)19-14-20(17(4)13-21(19)32-5)25(29)23-24(22-7-6-12-33-22)28(27(31)26(23)30)18-10-8-16(3)9-11-18/h6-15,24,29H,1-5H3/b25-23+. The molecule has 33 heavy (non-hydrogen) atoms. The normalized spacial score (nSPS) is 17.8. The van der Waals surface area contributed by atoms with E-state index in [0.717, 1.165) is 27.3 Å². The maximum absolute atomic E-state index is 13.3. The topological polar surface area (TPSA) is 66.8 Å². The molecule has 2 aromatic carbocycles. The molecule has 1 amide bonds. The summed E-state index contributed by atoms with van der Waals surface area (Å²) < 4.78 is 5.53. The predicted octanol–water partition coefficient (Wildman–Crippen LogP) is 6.12. The molecule has 6 heteroatoms. The van der Waals surface area contributed by atoms with Gasteiger partial charge in [0.15, 0.2) is 0 Å². The number of methoxy groups -OCH3 is 1. The Labute approximate surface area is 197 Å². The summed E-state index contributed by atoms with van der Waals surface area (Å²) in [6.45, 7) is 7.91. The van der Waals surface area contributed by atoms with Crippen LogP contribution in [0.25, 0.3) is 5.76 Å². The Balaban J connectivity index is 1.95. The number of ether oxygens (including phenoxy) is 1. The van der Waals surface area contributed by atoms with Gasteiger partial charge in [-0.2, -0.15) is 0 Å². The van der Waals surface area contributed by atoms with E-state index in [4.69, 9.17) is 4.74 Å². The molecule has 170 valence electrons. The fourth-order valence-electron chi connectivity index (χ4n) is 4.25. The maximum Gasteiger partial charge on any atom is 0.300 e. The molecule has 0 spiro atoms. The van der Waals surface area contributed by atoms with Crippen LogP contribution in [0.2, 0.25) is 0 Å². The van der Waals surface area contributed by atoms with Gasteiger partial charge in [-0.05, 0) is 66.6 Å². The van der Waals surface area contributed by atoms with Crippen LogP contribution in [0.1, 0.15) is 52.9 Å². The lowest BCUT2D eigenvalue weighted by Crippen LogP contribution is -2.29. The summed E-state index contributed by atoms with van der Waals surface area (Å²) in [5.74, 6) is -0.616. The Kier molecular flexibility index (Phi) is 6.13. The molecular formula is C27H27NO4S. The van der Waals surface area contributed by atoms with Crippen molar-refractivity contribution >= 4 is 34.5 Å². The lowest BCUT2D eigenvalue weighted by molar-refractivity contribution is -0.132. The summed E-state index contributed by atoms with van der Waals surface area (Å²) in [7, 11) is 1.62. The molecule has 1 unspecified atom stereocenters. The van der Waals surface area contributed by atoms with Crippen LogP contribution in [0.3, 0.4) is 0 Å². The first-order valence-corrected chi connectivity index (χ1v) is 11.7. The maximum atomic E-state index is 13.3. The van der Waals surface area contributed by atoms with E-state index >= 15 is 0 Å². The number of Topliss-reactive ketones (excluding diaryl/α,β-unsaturated/α-hetero) is 1. The number of aliphatic hydroxyl groups excluding tert-OH is 1. The fraction of sp³-hybridized carbons (Fsp3) is 0.259. The second-order valence-corrected chi connectivity index (χ2v) is 9.56. The van der Waals surface area contributed by atoms with E-state index < -0.39 is 17.7 Å². The second kappa shape index (κ2) is 8.87. The van der Waals surface area contributed by atoms with Gasteiger partial charge in [-0.25, -0.2) is 0 Å². The SMILES string of the molecule is COc1cc(C)c(/C(O)=C2\C(=O)C(=O)N(c3ccc(C)cc3)C2c2cccs2)cc1C(C)C. The van der Waals surface area contributed by atoms with Gasteiger partial charge in [-0.1, -0.05) is 37.6 Å². The Morgan fingerprint density at radius 2 is 1.79 bits per heavy atom. The first-order valence-electron chi connectivity index (χ1n) is 10.8. The van der Waals surface area contributed by atoms with Crippen LogP contribution in [0, 0.1) is 13.8 Å². The predicted molar refractivity (Wildman–Crippen MR) is 132 cm³/mol. The largest absolute Gasteiger partial charge is 0.507 e. The number of benzene rings is 2. The number of carbonyl (C=O) groups excluding carboxylic acids is 2. The van der Waals surface area contributed by atoms with Crippen molar-refractivity contribution in [1.82, 2.24) is 0 Å². The summed E-state index contributed by atoms with van der Waals surface area (Å²) in [6.07, 6.45) is 0. The third kappa shape index (κ3) is 3.95. The monoisotopic (exact) mass is 461 g/mol. The summed E-state index contributed by atoms with van der Waals surface area (Å²) in [5, 5.41) is 13.4. The molecule has 1 saturated heterocycles. The molecule has 1 N–H and O–H groups in total. The molecule has 1 aromatic heterocycles. The van der Waals surface area contributed by atoms with E-state index in [1.54, 1.807) is 7.11 Å². The highest BCUT2D eigenvalue weighted by Crippen LogP contribution is 2.44. The third-order valence-corrected chi connectivity index (χ3v) is 6.95. The van der Waals surface area contributed by atoms with E-state index in [2.05, 4.69) is 0 Å². The number of hydrogen-bond acceptors (Lipinski definition) is 5.